The lowest BCUT2D eigenvalue weighted by Gasteiger charge is -2.08. The van der Waals surface area contributed by atoms with Gasteiger partial charge in [-0.25, -0.2) is 0 Å². The highest BCUT2D eigenvalue weighted by Crippen LogP contribution is 2.18. The van der Waals surface area contributed by atoms with Crippen LogP contribution in [0.25, 0.3) is 0 Å². The molecule has 2 aromatic rings. The van der Waals surface area contributed by atoms with Gasteiger partial charge in [-0.1, -0.05) is 38.1 Å². The SMILES string of the molecule is Cc1nn(Cc2ccc(C(C)C)cc2)c(C)c1CCl. The van der Waals surface area contributed by atoms with Gasteiger partial charge < -0.3 is 0 Å². The number of hydrogen-bond donors (Lipinski definition) is 0. The molecule has 0 spiro atoms. The first kappa shape index (κ1) is 14.1. The maximum atomic E-state index is 5.96. The number of aryl methyl sites for hydroxylation is 1. The molecule has 0 aliphatic heterocycles. The van der Waals surface area contributed by atoms with Gasteiger partial charge >= 0.3 is 0 Å². The average molecular weight is 277 g/mol. The maximum absolute atomic E-state index is 5.96. The van der Waals surface area contributed by atoms with E-state index < -0.39 is 0 Å². The fraction of sp³-hybridized carbons (Fsp3) is 0.438. The van der Waals surface area contributed by atoms with Crippen LogP contribution in [0, 0.1) is 13.8 Å². The third-order valence-electron chi connectivity index (χ3n) is 3.64. The summed E-state index contributed by atoms with van der Waals surface area (Å²) in [7, 11) is 0. The van der Waals surface area contributed by atoms with Crippen LogP contribution >= 0.6 is 11.6 Å². The Kier molecular flexibility index (Phi) is 4.31. The topological polar surface area (TPSA) is 17.8 Å². The van der Waals surface area contributed by atoms with Crippen LogP contribution in [0.1, 0.15) is 47.8 Å². The van der Waals surface area contributed by atoms with Crippen LogP contribution in [0.5, 0.6) is 0 Å². The second kappa shape index (κ2) is 5.79. The average Bonchev–Trinajstić information content (AvgIpc) is 2.64. The lowest BCUT2D eigenvalue weighted by molar-refractivity contribution is 0.658. The number of aromatic nitrogens is 2. The van der Waals surface area contributed by atoms with Crippen LogP contribution in [-0.4, -0.2) is 9.78 Å². The van der Waals surface area contributed by atoms with Gasteiger partial charge in [0.05, 0.1) is 18.1 Å². The number of halogens is 1. The van der Waals surface area contributed by atoms with Gasteiger partial charge in [0, 0.05) is 11.3 Å². The van der Waals surface area contributed by atoms with Gasteiger partial charge in [-0.05, 0) is 30.9 Å². The Balaban J connectivity index is 2.21. The summed E-state index contributed by atoms with van der Waals surface area (Å²) in [6.07, 6.45) is 0. The molecule has 2 nitrogen and oxygen atoms in total. The Morgan fingerprint density at radius 3 is 2.26 bits per heavy atom. The molecule has 2 rings (SSSR count). The molecule has 0 unspecified atom stereocenters. The molecule has 1 aromatic carbocycles. The van der Waals surface area contributed by atoms with Crippen molar-refractivity contribution in [2.45, 2.75) is 46.0 Å². The fourth-order valence-electron chi connectivity index (χ4n) is 2.26. The Morgan fingerprint density at radius 1 is 1.16 bits per heavy atom. The second-order valence-corrected chi connectivity index (χ2v) is 5.60. The largest absolute Gasteiger partial charge is 0.265 e. The Bertz CT molecular complexity index is 553. The van der Waals surface area contributed by atoms with Gasteiger partial charge in [-0.3, -0.25) is 4.68 Å². The lowest BCUT2D eigenvalue weighted by atomic mass is 10.0. The maximum Gasteiger partial charge on any atom is 0.0662 e. The molecule has 0 aliphatic rings. The van der Waals surface area contributed by atoms with Gasteiger partial charge in [-0.15, -0.1) is 11.6 Å². The zero-order chi connectivity index (χ0) is 14.0. The molecule has 0 saturated heterocycles. The number of benzene rings is 1. The van der Waals surface area contributed by atoms with Crippen LogP contribution in [-0.2, 0) is 12.4 Å². The minimum Gasteiger partial charge on any atom is -0.265 e. The molecule has 19 heavy (non-hydrogen) atoms. The van der Waals surface area contributed by atoms with E-state index in [9.17, 15) is 0 Å². The summed E-state index contributed by atoms with van der Waals surface area (Å²) >= 11 is 5.96. The Labute approximate surface area is 120 Å². The van der Waals surface area contributed by atoms with Crippen LogP contribution in [0.2, 0.25) is 0 Å². The highest BCUT2D eigenvalue weighted by molar-refractivity contribution is 6.17. The van der Waals surface area contributed by atoms with E-state index in [0.29, 0.717) is 11.8 Å². The molecule has 0 amide bonds. The third kappa shape index (κ3) is 3.01. The van der Waals surface area contributed by atoms with Crippen LogP contribution in [0.15, 0.2) is 24.3 Å². The summed E-state index contributed by atoms with van der Waals surface area (Å²) in [5.74, 6) is 1.11. The molecular weight excluding hydrogens is 256 g/mol. The molecular formula is C16H21ClN2. The predicted molar refractivity (Wildman–Crippen MR) is 80.9 cm³/mol. The van der Waals surface area contributed by atoms with Crippen molar-refractivity contribution in [3.8, 4) is 0 Å². The van der Waals surface area contributed by atoms with Crippen molar-refractivity contribution >= 4 is 11.6 Å². The van der Waals surface area contributed by atoms with Crippen LogP contribution in [0.3, 0.4) is 0 Å². The summed E-state index contributed by atoms with van der Waals surface area (Å²) < 4.78 is 2.04. The zero-order valence-corrected chi connectivity index (χ0v) is 12.8. The van der Waals surface area contributed by atoms with Crippen molar-refractivity contribution in [3.63, 3.8) is 0 Å². The zero-order valence-electron chi connectivity index (χ0n) is 12.1. The van der Waals surface area contributed by atoms with Gasteiger partial charge in [-0.2, -0.15) is 5.10 Å². The Morgan fingerprint density at radius 2 is 1.79 bits per heavy atom. The van der Waals surface area contributed by atoms with Gasteiger partial charge in [0.2, 0.25) is 0 Å². The van der Waals surface area contributed by atoms with Gasteiger partial charge in [0.1, 0.15) is 0 Å². The smallest absolute Gasteiger partial charge is 0.0662 e. The summed E-state index contributed by atoms with van der Waals surface area (Å²) in [6.45, 7) is 9.33. The summed E-state index contributed by atoms with van der Waals surface area (Å²) in [5.41, 5.74) is 6.00. The van der Waals surface area contributed by atoms with Gasteiger partial charge in [0.15, 0.2) is 0 Å². The lowest BCUT2D eigenvalue weighted by Crippen LogP contribution is -2.04. The van der Waals surface area contributed by atoms with E-state index in [1.807, 2.05) is 11.6 Å². The minimum absolute atomic E-state index is 0.532. The summed E-state index contributed by atoms with van der Waals surface area (Å²) in [5, 5.41) is 4.57. The van der Waals surface area contributed by atoms with Crippen molar-refractivity contribution in [1.82, 2.24) is 9.78 Å². The van der Waals surface area contributed by atoms with E-state index in [1.165, 1.54) is 16.8 Å². The highest BCUT2D eigenvalue weighted by Gasteiger charge is 2.10. The molecule has 3 heteroatoms. The van der Waals surface area contributed by atoms with E-state index >= 15 is 0 Å². The monoisotopic (exact) mass is 276 g/mol. The van der Waals surface area contributed by atoms with E-state index in [2.05, 4.69) is 50.1 Å². The van der Waals surface area contributed by atoms with E-state index in [0.717, 1.165) is 17.8 Å². The van der Waals surface area contributed by atoms with Crippen molar-refractivity contribution < 1.29 is 0 Å². The standard InChI is InChI=1S/C16H21ClN2/c1-11(2)15-7-5-14(6-8-15)10-19-13(4)16(9-17)12(3)18-19/h5-8,11H,9-10H2,1-4H3. The molecule has 0 saturated carbocycles. The van der Waals surface area contributed by atoms with Crippen LogP contribution in [0.4, 0.5) is 0 Å². The van der Waals surface area contributed by atoms with Crippen molar-refractivity contribution in [2.24, 2.45) is 0 Å². The minimum atomic E-state index is 0.532. The molecule has 0 N–H and O–H groups in total. The Hall–Kier alpha value is -1.28. The molecule has 0 radical (unpaired) electrons. The van der Waals surface area contributed by atoms with Crippen molar-refractivity contribution in [3.05, 3.63) is 52.3 Å². The molecule has 102 valence electrons. The number of hydrogen-bond acceptors (Lipinski definition) is 1. The molecule has 0 aliphatic carbocycles. The first-order valence-corrected chi connectivity index (χ1v) is 7.24. The molecule has 1 heterocycles. The van der Waals surface area contributed by atoms with E-state index in [1.54, 1.807) is 0 Å². The molecule has 1 aromatic heterocycles. The molecule has 0 fully saturated rings. The summed E-state index contributed by atoms with van der Waals surface area (Å²) in [6, 6.07) is 8.78. The van der Waals surface area contributed by atoms with Crippen LogP contribution < -0.4 is 0 Å². The number of rotatable bonds is 4. The highest BCUT2D eigenvalue weighted by atomic mass is 35.5. The van der Waals surface area contributed by atoms with Crippen molar-refractivity contribution in [1.29, 1.82) is 0 Å². The number of nitrogens with zero attached hydrogens (tertiary/aromatic N) is 2. The van der Waals surface area contributed by atoms with Gasteiger partial charge in [0.25, 0.3) is 0 Å². The fourth-order valence-corrected chi connectivity index (χ4v) is 2.65. The first-order chi connectivity index (χ1) is 9.02. The summed E-state index contributed by atoms with van der Waals surface area (Å²) in [4.78, 5) is 0. The van der Waals surface area contributed by atoms with Crippen molar-refractivity contribution in [2.75, 3.05) is 0 Å². The first-order valence-electron chi connectivity index (χ1n) is 6.70. The quantitative estimate of drug-likeness (QED) is 0.757. The predicted octanol–water partition coefficient (Wildman–Crippen LogP) is 4.41. The number of alkyl halides is 1. The molecule has 0 atom stereocenters. The second-order valence-electron chi connectivity index (χ2n) is 5.34. The normalized spacial score (nSPS) is 11.3. The third-order valence-corrected chi connectivity index (χ3v) is 3.91. The molecule has 0 bridgehead atoms. The van der Waals surface area contributed by atoms with E-state index in [-0.39, 0.29) is 0 Å². The van der Waals surface area contributed by atoms with E-state index in [4.69, 9.17) is 11.6 Å².